The summed E-state index contributed by atoms with van der Waals surface area (Å²) in [5, 5.41) is 6.52. The molecule has 1 atom stereocenters. The van der Waals surface area contributed by atoms with Crippen LogP contribution in [0.2, 0.25) is 0 Å². The van der Waals surface area contributed by atoms with Gasteiger partial charge >= 0.3 is 0 Å². The Balaban J connectivity index is 1.68. The van der Waals surface area contributed by atoms with Gasteiger partial charge in [0.25, 0.3) is 5.91 Å². The second kappa shape index (κ2) is 5.53. The average Bonchev–Trinajstić information content (AvgIpc) is 2.62. The second-order valence-corrected chi connectivity index (χ2v) is 6.19. The van der Waals surface area contributed by atoms with Gasteiger partial charge in [-0.25, -0.2) is 0 Å². The summed E-state index contributed by atoms with van der Waals surface area (Å²) in [5.74, 6) is -0.0565. The quantitative estimate of drug-likeness (QED) is 0.737. The fourth-order valence-electron chi connectivity index (χ4n) is 3.16. The van der Waals surface area contributed by atoms with Gasteiger partial charge in [-0.15, -0.1) is 0 Å². The zero-order valence-electron chi connectivity index (χ0n) is 13.4. The van der Waals surface area contributed by atoms with Crippen LogP contribution in [-0.4, -0.2) is 5.91 Å². The number of carbonyl (C=O) groups excluding carboxylic acids is 1. The highest BCUT2D eigenvalue weighted by atomic mass is 16.2. The van der Waals surface area contributed by atoms with Crippen molar-refractivity contribution in [2.24, 2.45) is 0 Å². The minimum absolute atomic E-state index is 0.0565. The molecule has 1 aliphatic heterocycles. The van der Waals surface area contributed by atoms with E-state index in [1.165, 1.54) is 5.56 Å². The molecule has 1 aliphatic rings. The van der Waals surface area contributed by atoms with Crippen LogP contribution in [0.4, 0.5) is 5.69 Å². The molecular formula is C21H18N2O. The largest absolute Gasteiger partial charge is 0.359 e. The first kappa shape index (κ1) is 14.5. The fraction of sp³-hybridized carbons (Fsp3) is 0.0952. The molecule has 1 heterocycles. The number of para-hydroxylation sites is 1. The minimum Gasteiger partial charge on any atom is -0.359 e. The van der Waals surface area contributed by atoms with Gasteiger partial charge < -0.3 is 10.6 Å². The van der Waals surface area contributed by atoms with Crippen molar-refractivity contribution in [1.82, 2.24) is 5.32 Å². The van der Waals surface area contributed by atoms with Gasteiger partial charge in [0, 0.05) is 5.69 Å². The number of rotatable bonds is 2. The lowest BCUT2D eigenvalue weighted by molar-refractivity contribution is 0.0906. The van der Waals surface area contributed by atoms with Crippen molar-refractivity contribution in [1.29, 1.82) is 0 Å². The standard InChI is InChI=1S/C21H18N2O/c1-21(22-19-10-6-5-9-18(19)20(24)23-21)17-13-11-16(12-14-17)15-7-3-2-4-8-15/h2-14,22H,1H3,(H,23,24). The number of carbonyl (C=O) groups is 1. The fourth-order valence-corrected chi connectivity index (χ4v) is 3.16. The number of nitrogens with one attached hydrogen (secondary N) is 2. The first-order chi connectivity index (χ1) is 11.7. The third-order valence-electron chi connectivity index (χ3n) is 4.49. The van der Waals surface area contributed by atoms with Crippen molar-refractivity contribution < 1.29 is 4.79 Å². The molecule has 0 saturated heterocycles. The number of anilines is 1. The van der Waals surface area contributed by atoms with Crippen molar-refractivity contribution in [3.8, 4) is 11.1 Å². The van der Waals surface area contributed by atoms with Crippen molar-refractivity contribution in [2.45, 2.75) is 12.6 Å². The maximum Gasteiger partial charge on any atom is 0.255 e. The highest BCUT2D eigenvalue weighted by Gasteiger charge is 2.34. The Morgan fingerprint density at radius 2 is 1.33 bits per heavy atom. The summed E-state index contributed by atoms with van der Waals surface area (Å²) in [6, 6.07) is 26.1. The van der Waals surface area contributed by atoms with Crippen molar-refractivity contribution in [2.75, 3.05) is 5.32 Å². The molecule has 118 valence electrons. The van der Waals surface area contributed by atoms with Crippen LogP contribution in [-0.2, 0) is 5.66 Å². The third kappa shape index (κ3) is 2.44. The average molecular weight is 314 g/mol. The van der Waals surface area contributed by atoms with Gasteiger partial charge in [0.1, 0.15) is 5.66 Å². The van der Waals surface area contributed by atoms with E-state index >= 15 is 0 Å². The molecule has 24 heavy (non-hydrogen) atoms. The third-order valence-corrected chi connectivity index (χ3v) is 4.49. The van der Waals surface area contributed by atoms with Gasteiger partial charge in [-0.1, -0.05) is 66.7 Å². The van der Waals surface area contributed by atoms with E-state index in [0.717, 1.165) is 16.8 Å². The second-order valence-electron chi connectivity index (χ2n) is 6.19. The molecule has 2 N–H and O–H groups in total. The predicted molar refractivity (Wildman–Crippen MR) is 96.8 cm³/mol. The Kier molecular flexibility index (Phi) is 3.35. The molecule has 4 rings (SSSR count). The normalized spacial score (nSPS) is 19.1. The Hall–Kier alpha value is -3.07. The number of hydrogen-bond donors (Lipinski definition) is 2. The Morgan fingerprint density at radius 1 is 0.708 bits per heavy atom. The van der Waals surface area contributed by atoms with E-state index in [4.69, 9.17) is 0 Å². The zero-order valence-corrected chi connectivity index (χ0v) is 13.4. The molecule has 3 heteroatoms. The summed E-state index contributed by atoms with van der Waals surface area (Å²) in [6.45, 7) is 1.98. The van der Waals surface area contributed by atoms with E-state index in [1.54, 1.807) is 0 Å². The molecule has 0 fully saturated rings. The van der Waals surface area contributed by atoms with E-state index in [2.05, 4.69) is 47.0 Å². The summed E-state index contributed by atoms with van der Waals surface area (Å²) in [5.41, 5.74) is 4.27. The molecule has 1 unspecified atom stereocenters. The topological polar surface area (TPSA) is 41.1 Å². The molecule has 3 aromatic carbocycles. The van der Waals surface area contributed by atoms with Crippen molar-refractivity contribution >= 4 is 11.6 Å². The summed E-state index contributed by atoms with van der Waals surface area (Å²) in [7, 11) is 0. The molecule has 1 amide bonds. The summed E-state index contributed by atoms with van der Waals surface area (Å²) >= 11 is 0. The molecule has 3 nitrogen and oxygen atoms in total. The van der Waals surface area contributed by atoms with Crippen LogP contribution in [0.15, 0.2) is 78.9 Å². The highest BCUT2D eigenvalue weighted by molar-refractivity contribution is 6.02. The van der Waals surface area contributed by atoms with Crippen LogP contribution in [0.5, 0.6) is 0 Å². The van der Waals surface area contributed by atoms with E-state index in [0.29, 0.717) is 5.56 Å². The molecule has 0 bridgehead atoms. The van der Waals surface area contributed by atoms with Gasteiger partial charge in [0.15, 0.2) is 0 Å². The van der Waals surface area contributed by atoms with Crippen LogP contribution in [0.3, 0.4) is 0 Å². The molecule has 0 radical (unpaired) electrons. The Labute approximate surface area is 141 Å². The van der Waals surface area contributed by atoms with Gasteiger partial charge in [-0.2, -0.15) is 0 Å². The zero-order chi connectivity index (χ0) is 16.6. The Bertz CT molecular complexity index is 887. The van der Waals surface area contributed by atoms with E-state index < -0.39 is 5.66 Å². The van der Waals surface area contributed by atoms with Gasteiger partial charge in [0.2, 0.25) is 0 Å². The number of benzene rings is 3. The summed E-state index contributed by atoms with van der Waals surface area (Å²) < 4.78 is 0. The molecule has 0 spiro atoms. The molecule has 0 aliphatic carbocycles. The number of hydrogen-bond acceptors (Lipinski definition) is 2. The molecular weight excluding hydrogens is 296 g/mol. The lowest BCUT2D eigenvalue weighted by Gasteiger charge is -2.38. The molecule has 0 aromatic heterocycles. The van der Waals surface area contributed by atoms with Gasteiger partial charge in [-0.3, -0.25) is 4.79 Å². The lowest BCUT2D eigenvalue weighted by atomic mass is 9.94. The minimum atomic E-state index is -0.624. The molecule has 3 aromatic rings. The summed E-state index contributed by atoms with van der Waals surface area (Å²) in [6.07, 6.45) is 0. The van der Waals surface area contributed by atoms with Crippen LogP contribution in [0.25, 0.3) is 11.1 Å². The summed E-state index contributed by atoms with van der Waals surface area (Å²) in [4.78, 5) is 12.4. The smallest absolute Gasteiger partial charge is 0.255 e. The Morgan fingerprint density at radius 3 is 2.08 bits per heavy atom. The SMILES string of the molecule is CC1(c2ccc(-c3ccccc3)cc2)NC(=O)c2ccccc2N1. The van der Waals surface area contributed by atoms with Crippen LogP contribution >= 0.6 is 0 Å². The first-order valence-corrected chi connectivity index (χ1v) is 8.01. The maximum absolute atomic E-state index is 12.4. The maximum atomic E-state index is 12.4. The van der Waals surface area contributed by atoms with Crippen molar-refractivity contribution in [3.05, 3.63) is 90.0 Å². The van der Waals surface area contributed by atoms with Crippen LogP contribution < -0.4 is 10.6 Å². The van der Waals surface area contributed by atoms with E-state index in [9.17, 15) is 4.79 Å². The van der Waals surface area contributed by atoms with E-state index in [1.807, 2.05) is 49.4 Å². The number of amides is 1. The van der Waals surface area contributed by atoms with Crippen molar-refractivity contribution in [3.63, 3.8) is 0 Å². The van der Waals surface area contributed by atoms with Crippen LogP contribution in [0, 0.1) is 0 Å². The number of fused-ring (bicyclic) bond motifs is 1. The van der Waals surface area contributed by atoms with E-state index in [-0.39, 0.29) is 5.91 Å². The van der Waals surface area contributed by atoms with Gasteiger partial charge in [-0.05, 0) is 35.7 Å². The van der Waals surface area contributed by atoms with Crippen LogP contribution in [0.1, 0.15) is 22.8 Å². The highest BCUT2D eigenvalue weighted by Crippen LogP contribution is 2.31. The van der Waals surface area contributed by atoms with Gasteiger partial charge in [0.05, 0.1) is 5.56 Å². The first-order valence-electron chi connectivity index (χ1n) is 8.01. The monoisotopic (exact) mass is 314 g/mol. The lowest BCUT2D eigenvalue weighted by Crippen LogP contribution is -2.52. The molecule has 0 saturated carbocycles. The predicted octanol–water partition coefficient (Wildman–Crippen LogP) is 4.38.